The van der Waals surface area contributed by atoms with Crippen LogP contribution in [0, 0.1) is 0 Å². The molecule has 0 radical (unpaired) electrons. The molecular weight excluding hydrogens is 380 g/mol. The Morgan fingerprint density at radius 2 is 1.48 bits per heavy atom. The number of nitrogens with zero attached hydrogens (tertiary/aromatic N) is 1. The molecule has 1 aliphatic heterocycles. The fraction of sp³-hybridized carbons (Fsp3) is 0.250. The fourth-order valence-corrected chi connectivity index (χ4v) is 4.28. The molecule has 3 aromatic rings. The maximum Gasteiger partial charge on any atom is 0.253 e. The van der Waals surface area contributed by atoms with E-state index in [1.807, 2.05) is 47.4 Å². The maximum absolute atomic E-state index is 13.3. The van der Waals surface area contributed by atoms with Crippen molar-refractivity contribution in [1.29, 1.82) is 0 Å². The largest absolute Gasteiger partial charge is 0.321 e. The minimum absolute atomic E-state index is 0.0171. The highest BCUT2D eigenvalue weighted by Gasteiger charge is 2.45. The van der Waals surface area contributed by atoms with Crippen molar-refractivity contribution in [2.45, 2.75) is 44.9 Å². The minimum atomic E-state index is -0.0171. The number of β-lactam (4-membered cyclic amide) rings is 1. The quantitative estimate of drug-likeness (QED) is 0.374. The van der Waals surface area contributed by atoms with Crippen LogP contribution in [0.3, 0.4) is 0 Å². The lowest BCUT2D eigenvalue weighted by molar-refractivity contribution is -0.140. The molecule has 3 heteroatoms. The Balaban J connectivity index is 1.59. The Morgan fingerprint density at radius 1 is 0.903 bits per heavy atom. The first-order valence-electron chi connectivity index (χ1n) is 11.1. The summed E-state index contributed by atoms with van der Waals surface area (Å²) in [5.74, 6) is 0.130. The molecule has 4 rings (SSSR count). The Kier molecular flexibility index (Phi) is 6.63. The molecule has 1 saturated heterocycles. The Labute approximate surface area is 185 Å². The molecule has 0 spiro atoms. The summed E-state index contributed by atoms with van der Waals surface area (Å²) in [5.41, 5.74) is 4.46. The Hall–Kier alpha value is -3.17. The highest BCUT2D eigenvalue weighted by atomic mass is 16.2. The lowest BCUT2D eigenvalue weighted by atomic mass is 9.84. The summed E-state index contributed by atoms with van der Waals surface area (Å²) in [4.78, 5) is 15.3. The number of rotatable bonds is 8. The summed E-state index contributed by atoms with van der Waals surface area (Å²) in [6.07, 6.45) is 3.08. The predicted molar refractivity (Wildman–Crippen MR) is 126 cm³/mol. The van der Waals surface area contributed by atoms with Crippen LogP contribution < -0.4 is 5.32 Å². The summed E-state index contributed by atoms with van der Waals surface area (Å²) >= 11 is 0. The molecule has 0 saturated carbocycles. The van der Waals surface area contributed by atoms with Gasteiger partial charge in [-0.05, 0) is 30.0 Å². The van der Waals surface area contributed by atoms with Gasteiger partial charge in [-0.1, -0.05) is 104 Å². The van der Waals surface area contributed by atoms with Gasteiger partial charge in [0.15, 0.2) is 0 Å². The molecule has 31 heavy (non-hydrogen) atoms. The summed E-state index contributed by atoms with van der Waals surface area (Å²) < 4.78 is 0. The maximum atomic E-state index is 13.3. The van der Waals surface area contributed by atoms with E-state index < -0.39 is 0 Å². The van der Waals surface area contributed by atoms with E-state index in [1.54, 1.807) is 0 Å². The number of carbonyl (C=O) groups excluding carboxylic acids is 1. The van der Waals surface area contributed by atoms with Crippen LogP contribution in [0.1, 0.15) is 49.0 Å². The number of hydrogen-bond acceptors (Lipinski definition) is 2. The monoisotopic (exact) mass is 410 g/mol. The van der Waals surface area contributed by atoms with Crippen LogP contribution in [0.15, 0.2) is 103 Å². The zero-order valence-corrected chi connectivity index (χ0v) is 18.2. The van der Waals surface area contributed by atoms with E-state index in [-0.39, 0.29) is 24.0 Å². The molecule has 1 fully saturated rings. The van der Waals surface area contributed by atoms with Gasteiger partial charge >= 0.3 is 0 Å². The van der Waals surface area contributed by atoms with Gasteiger partial charge in [-0.2, -0.15) is 0 Å². The second-order valence-electron chi connectivity index (χ2n) is 8.12. The molecule has 1 amide bonds. The van der Waals surface area contributed by atoms with Gasteiger partial charge < -0.3 is 10.2 Å². The Morgan fingerprint density at radius 3 is 2.10 bits per heavy atom. The third-order valence-electron chi connectivity index (χ3n) is 6.10. The average molecular weight is 411 g/mol. The van der Waals surface area contributed by atoms with Crippen molar-refractivity contribution < 1.29 is 4.79 Å². The molecule has 3 atom stereocenters. The van der Waals surface area contributed by atoms with Crippen molar-refractivity contribution in [1.82, 2.24) is 10.2 Å². The van der Waals surface area contributed by atoms with Gasteiger partial charge in [-0.25, -0.2) is 0 Å². The summed E-state index contributed by atoms with van der Waals surface area (Å²) in [7, 11) is 0. The molecule has 1 N–H and O–H groups in total. The molecule has 0 bridgehead atoms. The van der Waals surface area contributed by atoms with Gasteiger partial charge in [0, 0.05) is 18.2 Å². The topological polar surface area (TPSA) is 32.3 Å². The van der Waals surface area contributed by atoms with Crippen LogP contribution in [-0.4, -0.2) is 16.8 Å². The van der Waals surface area contributed by atoms with Gasteiger partial charge in [0.25, 0.3) is 5.91 Å². The zero-order chi connectivity index (χ0) is 21.6. The SMILES string of the molecule is CC[C@@H](/C=C1\C(=O)N([C@@H](C)c2ccccc2)[C@@H]1c1ccccc1)NCc1ccccc1. The van der Waals surface area contributed by atoms with Crippen molar-refractivity contribution in [3.63, 3.8) is 0 Å². The van der Waals surface area contributed by atoms with Crippen LogP contribution in [0.5, 0.6) is 0 Å². The van der Waals surface area contributed by atoms with Crippen LogP contribution in [0.4, 0.5) is 0 Å². The predicted octanol–water partition coefficient (Wildman–Crippen LogP) is 5.83. The standard InChI is InChI=1S/C28H30N2O/c1-3-25(29-20-22-13-7-4-8-14-22)19-26-27(24-17-11-6-12-18-24)30(28(26)31)21(2)23-15-9-5-10-16-23/h4-19,21,25,27,29H,3,20H2,1-2H3/b26-19-/t21-,25-,27+/m0/s1. The van der Waals surface area contributed by atoms with Gasteiger partial charge in [-0.3, -0.25) is 4.79 Å². The second kappa shape index (κ2) is 9.76. The van der Waals surface area contributed by atoms with E-state index >= 15 is 0 Å². The number of likely N-dealkylation sites (tertiary alicyclic amines) is 1. The van der Waals surface area contributed by atoms with Crippen LogP contribution in [0.25, 0.3) is 0 Å². The van der Waals surface area contributed by atoms with Crippen molar-refractivity contribution in [3.8, 4) is 0 Å². The molecule has 158 valence electrons. The van der Waals surface area contributed by atoms with Crippen LogP contribution >= 0.6 is 0 Å². The number of hydrogen-bond donors (Lipinski definition) is 1. The molecule has 1 heterocycles. The number of nitrogens with one attached hydrogen (secondary N) is 1. The molecule has 0 aliphatic carbocycles. The first-order chi connectivity index (χ1) is 15.2. The Bertz CT molecular complexity index is 1010. The molecule has 0 unspecified atom stereocenters. The molecular formula is C28H30N2O. The smallest absolute Gasteiger partial charge is 0.253 e. The van der Waals surface area contributed by atoms with Crippen molar-refractivity contribution in [2.24, 2.45) is 0 Å². The van der Waals surface area contributed by atoms with Gasteiger partial charge in [-0.15, -0.1) is 0 Å². The lowest BCUT2D eigenvalue weighted by Gasteiger charge is -2.47. The highest BCUT2D eigenvalue weighted by molar-refractivity contribution is 6.02. The third-order valence-corrected chi connectivity index (χ3v) is 6.10. The zero-order valence-electron chi connectivity index (χ0n) is 18.2. The normalized spacial score (nSPS) is 19.2. The van der Waals surface area contributed by atoms with Gasteiger partial charge in [0.1, 0.15) is 0 Å². The first kappa shape index (κ1) is 21.1. The van der Waals surface area contributed by atoms with E-state index in [9.17, 15) is 4.79 Å². The van der Waals surface area contributed by atoms with E-state index in [2.05, 4.69) is 73.8 Å². The van der Waals surface area contributed by atoms with Crippen molar-refractivity contribution >= 4 is 5.91 Å². The first-order valence-corrected chi connectivity index (χ1v) is 11.1. The van der Waals surface area contributed by atoms with Crippen molar-refractivity contribution in [2.75, 3.05) is 0 Å². The van der Waals surface area contributed by atoms with E-state index in [0.717, 1.165) is 29.7 Å². The van der Waals surface area contributed by atoms with E-state index in [0.29, 0.717) is 0 Å². The highest BCUT2D eigenvalue weighted by Crippen LogP contribution is 2.45. The fourth-order valence-electron chi connectivity index (χ4n) is 4.28. The molecule has 3 nitrogen and oxygen atoms in total. The molecule has 3 aromatic carbocycles. The van der Waals surface area contributed by atoms with Gasteiger partial charge in [0.05, 0.1) is 12.1 Å². The molecule has 1 aliphatic rings. The van der Waals surface area contributed by atoms with Crippen LogP contribution in [0.2, 0.25) is 0 Å². The van der Waals surface area contributed by atoms with Crippen molar-refractivity contribution in [3.05, 3.63) is 119 Å². The molecule has 0 aromatic heterocycles. The average Bonchev–Trinajstić information content (AvgIpc) is 2.84. The van der Waals surface area contributed by atoms with Crippen LogP contribution in [-0.2, 0) is 11.3 Å². The van der Waals surface area contributed by atoms with E-state index in [4.69, 9.17) is 0 Å². The second-order valence-corrected chi connectivity index (χ2v) is 8.12. The van der Waals surface area contributed by atoms with E-state index in [1.165, 1.54) is 5.56 Å². The number of amides is 1. The van der Waals surface area contributed by atoms with Gasteiger partial charge in [0.2, 0.25) is 0 Å². The lowest BCUT2D eigenvalue weighted by Crippen LogP contribution is -2.50. The number of carbonyl (C=O) groups is 1. The summed E-state index contributed by atoms with van der Waals surface area (Å²) in [6.45, 7) is 5.06. The summed E-state index contributed by atoms with van der Waals surface area (Å²) in [5, 5.41) is 3.61. The third kappa shape index (κ3) is 4.62. The summed E-state index contributed by atoms with van der Waals surface area (Å²) in [6, 6.07) is 31.2. The number of benzene rings is 3. The minimum Gasteiger partial charge on any atom is -0.321 e.